The SMILES string of the molecule is CC.CC(=O)N1CCc2c(c(Nc3ccc(-c4cnn(C)c4)c(C(F)F)c3)nn2C)C1. The van der Waals surface area contributed by atoms with Crippen LogP contribution in [0.5, 0.6) is 0 Å². The van der Waals surface area contributed by atoms with E-state index in [0.29, 0.717) is 42.1 Å². The van der Waals surface area contributed by atoms with Gasteiger partial charge in [0.05, 0.1) is 12.7 Å². The zero-order valence-electron chi connectivity index (χ0n) is 18.5. The Kier molecular flexibility index (Phi) is 6.72. The van der Waals surface area contributed by atoms with Crippen LogP contribution in [0.1, 0.15) is 44.0 Å². The Bertz CT molecular complexity index is 1070. The molecule has 2 aromatic heterocycles. The Morgan fingerprint density at radius 3 is 2.58 bits per heavy atom. The molecule has 31 heavy (non-hydrogen) atoms. The average Bonchev–Trinajstić information content (AvgIpc) is 3.32. The number of hydrogen-bond donors (Lipinski definition) is 1. The summed E-state index contributed by atoms with van der Waals surface area (Å²) in [5.41, 5.74) is 3.51. The van der Waals surface area contributed by atoms with Gasteiger partial charge in [0.2, 0.25) is 5.91 Å². The molecule has 3 aromatic rings. The number of benzene rings is 1. The number of carbonyl (C=O) groups is 1. The predicted octanol–water partition coefficient (Wildman–Crippen LogP) is 4.43. The van der Waals surface area contributed by atoms with Crippen LogP contribution in [0.3, 0.4) is 0 Å². The van der Waals surface area contributed by atoms with Gasteiger partial charge in [-0.1, -0.05) is 19.9 Å². The second kappa shape index (κ2) is 9.28. The van der Waals surface area contributed by atoms with Gasteiger partial charge in [-0.15, -0.1) is 0 Å². The van der Waals surface area contributed by atoms with E-state index in [1.807, 2.05) is 20.9 Å². The molecule has 0 spiro atoms. The van der Waals surface area contributed by atoms with Gasteiger partial charge in [-0.3, -0.25) is 14.2 Å². The summed E-state index contributed by atoms with van der Waals surface area (Å²) in [4.78, 5) is 13.5. The summed E-state index contributed by atoms with van der Waals surface area (Å²) in [5.74, 6) is 0.592. The number of hydrogen-bond acceptors (Lipinski definition) is 4. The van der Waals surface area contributed by atoms with Crippen molar-refractivity contribution in [2.45, 2.75) is 40.2 Å². The highest BCUT2D eigenvalue weighted by atomic mass is 19.3. The molecule has 166 valence electrons. The highest BCUT2D eigenvalue weighted by Gasteiger charge is 2.25. The third kappa shape index (κ3) is 4.60. The molecule has 9 heteroatoms. The average molecular weight is 431 g/mol. The van der Waals surface area contributed by atoms with Gasteiger partial charge in [-0.25, -0.2) is 8.78 Å². The molecule has 0 aliphatic carbocycles. The lowest BCUT2D eigenvalue weighted by atomic mass is 10.0. The Morgan fingerprint density at radius 2 is 1.97 bits per heavy atom. The first kappa shape index (κ1) is 22.5. The molecule has 1 aromatic carbocycles. The molecule has 0 atom stereocenters. The minimum atomic E-state index is -2.63. The van der Waals surface area contributed by atoms with Crippen LogP contribution in [0.25, 0.3) is 11.1 Å². The number of nitrogens with zero attached hydrogens (tertiary/aromatic N) is 5. The van der Waals surface area contributed by atoms with Gasteiger partial charge in [0, 0.05) is 68.3 Å². The summed E-state index contributed by atoms with van der Waals surface area (Å²) in [7, 11) is 3.60. The van der Waals surface area contributed by atoms with Crippen molar-refractivity contribution in [1.29, 1.82) is 0 Å². The van der Waals surface area contributed by atoms with Gasteiger partial charge in [-0.2, -0.15) is 10.2 Å². The molecule has 0 radical (unpaired) electrons. The highest BCUT2D eigenvalue weighted by Crippen LogP contribution is 2.35. The van der Waals surface area contributed by atoms with Gasteiger partial charge >= 0.3 is 0 Å². The van der Waals surface area contributed by atoms with E-state index in [1.165, 1.54) is 6.07 Å². The van der Waals surface area contributed by atoms with E-state index in [2.05, 4.69) is 15.5 Å². The quantitative estimate of drug-likeness (QED) is 0.665. The van der Waals surface area contributed by atoms with Gasteiger partial charge in [0.25, 0.3) is 6.43 Å². The maximum Gasteiger partial charge on any atom is 0.264 e. The maximum absolute atomic E-state index is 13.7. The summed E-state index contributed by atoms with van der Waals surface area (Å²) >= 11 is 0. The first-order chi connectivity index (χ1) is 14.8. The predicted molar refractivity (Wildman–Crippen MR) is 116 cm³/mol. The number of rotatable bonds is 4. The smallest absolute Gasteiger partial charge is 0.264 e. The molecule has 4 rings (SSSR count). The summed E-state index contributed by atoms with van der Waals surface area (Å²) in [6, 6.07) is 4.86. The summed E-state index contributed by atoms with van der Waals surface area (Å²) in [5, 5.41) is 11.7. The van der Waals surface area contributed by atoms with Crippen molar-refractivity contribution in [2.24, 2.45) is 14.1 Å². The van der Waals surface area contributed by atoms with E-state index in [4.69, 9.17) is 0 Å². The van der Waals surface area contributed by atoms with Gasteiger partial charge < -0.3 is 10.2 Å². The zero-order valence-corrected chi connectivity index (χ0v) is 18.5. The lowest BCUT2D eigenvalue weighted by Gasteiger charge is -2.26. The molecule has 0 unspecified atom stereocenters. The van der Waals surface area contributed by atoms with Gasteiger partial charge in [0.15, 0.2) is 5.82 Å². The van der Waals surface area contributed by atoms with Crippen molar-refractivity contribution >= 4 is 17.4 Å². The second-order valence-electron chi connectivity index (χ2n) is 7.22. The summed E-state index contributed by atoms with van der Waals surface area (Å²) in [6.07, 6.45) is 1.36. The van der Waals surface area contributed by atoms with Gasteiger partial charge in [-0.05, 0) is 17.7 Å². The van der Waals surface area contributed by atoms with Crippen molar-refractivity contribution in [1.82, 2.24) is 24.5 Å². The van der Waals surface area contributed by atoms with Crippen LogP contribution in [0, 0.1) is 0 Å². The molecular formula is C22H28F2N6O. The fraction of sp³-hybridized carbons (Fsp3) is 0.409. The molecule has 7 nitrogen and oxygen atoms in total. The summed E-state index contributed by atoms with van der Waals surface area (Å²) in [6.45, 7) is 6.65. The topological polar surface area (TPSA) is 68.0 Å². The third-order valence-corrected chi connectivity index (χ3v) is 5.25. The van der Waals surface area contributed by atoms with Crippen molar-refractivity contribution < 1.29 is 13.6 Å². The molecule has 3 heterocycles. The van der Waals surface area contributed by atoms with Crippen LogP contribution >= 0.6 is 0 Å². The largest absolute Gasteiger partial charge is 0.338 e. The number of carbonyl (C=O) groups excluding carboxylic acids is 1. The third-order valence-electron chi connectivity index (χ3n) is 5.25. The number of aromatic nitrogens is 4. The maximum atomic E-state index is 13.7. The molecule has 1 amide bonds. The molecule has 0 fully saturated rings. The molecule has 1 aliphatic rings. The van der Waals surface area contributed by atoms with Crippen LogP contribution in [0.2, 0.25) is 0 Å². The van der Waals surface area contributed by atoms with E-state index in [0.717, 1.165) is 11.3 Å². The normalized spacial score (nSPS) is 13.0. The van der Waals surface area contributed by atoms with Crippen molar-refractivity contribution in [2.75, 3.05) is 11.9 Å². The van der Waals surface area contributed by atoms with Crippen LogP contribution in [-0.4, -0.2) is 36.9 Å². The molecular weight excluding hydrogens is 402 g/mol. The first-order valence-electron chi connectivity index (χ1n) is 10.3. The highest BCUT2D eigenvalue weighted by molar-refractivity contribution is 5.75. The number of anilines is 2. The monoisotopic (exact) mass is 430 g/mol. The number of aryl methyl sites for hydroxylation is 2. The lowest BCUT2D eigenvalue weighted by molar-refractivity contribution is -0.129. The van der Waals surface area contributed by atoms with Crippen LogP contribution in [0.4, 0.5) is 20.3 Å². The Morgan fingerprint density at radius 1 is 1.23 bits per heavy atom. The fourth-order valence-electron chi connectivity index (χ4n) is 3.74. The Hall–Kier alpha value is -3.23. The van der Waals surface area contributed by atoms with Crippen LogP contribution in [-0.2, 0) is 31.9 Å². The lowest BCUT2D eigenvalue weighted by Crippen LogP contribution is -2.34. The zero-order chi connectivity index (χ0) is 22.7. The molecule has 0 bridgehead atoms. The number of fused-ring (bicyclic) bond motifs is 1. The standard InChI is InChI=1S/C20H22F2N6O.C2H6/c1-12(29)28-7-6-18-17(11-28)20(25-27(18)3)24-14-4-5-15(16(8-14)19(21)22)13-9-23-26(2)10-13;1-2/h4-5,8-10,19H,6-7,11H2,1-3H3,(H,24,25);1-2H3. The van der Waals surface area contributed by atoms with E-state index in [9.17, 15) is 13.6 Å². The number of alkyl halides is 2. The van der Waals surface area contributed by atoms with E-state index >= 15 is 0 Å². The molecule has 1 N–H and O–H groups in total. The summed E-state index contributed by atoms with van der Waals surface area (Å²) < 4.78 is 30.8. The van der Waals surface area contributed by atoms with E-state index in [-0.39, 0.29) is 11.5 Å². The Labute approximate surface area is 180 Å². The van der Waals surface area contributed by atoms with Crippen molar-refractivity contribution in [3.05, 3.63) is 47.4 Å². The van der Waals surface area contributed by atoms with Crippen LogP contribution in [0.15, 0.2) is 30.6 Å². The molecule has 0 saturated carbocycles. The fourth-order valence-corrected chi connectivity index (χ4v) is 3.74. The van der Waals surface area contributed by atoms with E-state index < -0.39 is 6.43 Å². The van der Waals surface area contributed by atoms with Gasteiger partial charge in [0.1, 0.15) is 0 Å². The van der Waals surface area contributed by atoms with Crippen molar-refractivity contribution in [3.8, 4) is 11.1 Å². The first-order valence-corrected chi connectivity index (χ1v) is 10.3. The Balaban J connectivity index is 0.00000132. The molecule has 1 aliphatic heterocycles. The van der Waals surface area contributed by atoms with E-state index in [1.54, 1.807) is 52.8 Å². The van der Waals surface area contributed by atoms with Crippen LogP contribution < -0.4 is 5.32 Å². The minimum Gasteiger partial charge on any atom is -0.338 e. The number of nitrogens with one attached hydrogen (secondary N) is 1. The number of halogens is 2. The minimum absolute atomic E-state index is 0.00580. The number of amides is 1. The molecule has 0 saturated heterocycles. The second-order valence-corrected chi connectivity index (χ2v) is 7.22. The van der Waals surface area contributed by atoms with Crippen molar-refractivity contribution in [3.63, 3.8) is 0 Å².